The first-order valence-electron chi connectivity index (χ1n) is 9.52. The molecular weight excluding hydrogens is 566 g/mol. The Morgan fingerprint density at radius 1 is 0.694 bits per heavy atom. The number of rotatable bonds is 10. The van der Waals surface area contributed by atoms with Crippen LogP contribution in [0.25, 0.3) is 0 Å². The topological polar surface area (TPSA) is 132 Å². The number of nitro benzene ring substituents is 2. The van der Waals surface area contributed by atoms with Crippen LogP contribution < -0.4 is 18.9 Å². The number of non-ortho nitro benzene ring substituents is 2. The molecule has 15 heteroatoms. The Hall–Kier alpha value is -3.22. The minimum atomic E-state index is -0.662. The highest BCUT2D eigenvalue weighted by Crippen LogP contribution is 2.49. The van der Waals surface area contributed by atoms with Crippen LogP contribution in [0.1, 0.15) is 0 Å². The van der Waals surface area contributed by atoms with Crippen molar-refractivity contribution in [2.24, 2.45) is 0 Å². The number of methoxy groups -OCH3 is 2. The van der Waals surface area contributed by atoms with Gasteiger partial charge >= 0.3 is 0 Å². The van der Waals surface area contributed by atoms with E-state index in [2.05, 4.69) is 0 Å². The number of hydrogen-bond donors (Lipinski definition) is 0. The minimum Gasteiger partial charge on any atom is -0.490 e. The van der Waals surface area contributed by atoms with Gasteiger partial charge in [0.05, 0.1) is 37.0 Å². The fraction of sp³-hybridized carbons (Fsp3) is 0.143. The van der Waals surface area contributed by atoms with Gasteiger partial charge in [0.2, 0.25) is 5.75 Å². The summed E-state index contributed by atoms with van der Waals surface area (Å²) < 4.78 is 27.5. The highest BCUT2D eigenvalue weighted by molar-refractivity contribution is 6.38. The van der Waals surface area contributed by atoms with E-state index in [4.69, 9.17) is 70.1 Å². The number of benzene rings is 3. The summed E-state index contributed by atoms with van der Waals surface area (Å²) in [5.74, 6) is -0.0884. The summed E-state index contributed by atoms with van der Waals surface area (Å²) in [5.41, 5.74) is -0.680. The van der Waals surface area contributed by atoms with Gasteiger partial charge in [0.15, 0.2) is 29.8 Å². The van der Waals surface area contributed by atoms with Crippen molar-refractivity contribution in [1.29, 1.82) is 0 Å². The summed E-state index contributed by atoms with van der Waals surface area (Å²) in [4.78, 5) is 20.8. The Labute approximate surface area is 223 Å². The third-order valence-corrected chi connectivity index (χ3v) is 5.48. The van der Waals surface area contributed by atoms with Gasteiger partial charge in [-0.05, 0) is 0 Å². The Bertz CT molecular complexity index is 1200. The van der Waals surface area contributed by atoms with Gasteiger partial charge in [0.25, 0.3) is 11.4 Å². The smallest absolute Gasteiger partial charge is 0.272 e. The molecule has 0 heterocycles. The van der Waals surface area contributed by atoms with E-state index >= 15 is 0 Å². The van der Waals surface area contributed by atoms with Crippen molar-refractivity contribution in [3.05, 3.63) is 76.7 Å². The molecule has 0 unspecified atom stereocenters. The SMILES string of the molecule is COCOc1cc(Oc2c(Cl)cc([N+](=O)[O-])cc2Cl)c(OC)c(Oc2c(Cl)cc([N+](=O)[O-])cc2Cl)c1. The van der Waals surface area contributed by atoms with Crippen molar-refractivity contribution < 1.29 is 33.5 Å². The van der Waals surface area contributed by atoms with Crippen molar-refractivity contribution in [1.82, 2.24) is 0 Å². The summed E-state index contributed by atoms with van der Waals surface area (Å²) in [5, 5.41) is 21.6. The van der Waals surface area contributed by atoms with Crippen molar-refractivity contribution in [2.75, 3.05) is 21.0 Å². The lowest BCUT2D eigenvalue weighted by Gasteiger charge is -2.18. The molecule has 0 amide bonds. The number of halogens is 4. The van der Waals surface area contributed by atoms with E-state index in [0.29, 0.717) is 0 Å². The summed E-state index contributed by atoms with van der Waals surface area (Å²) in [6, 6.07) is 7.06. The molecule has 3 rings (SSSR count). The van der Waals surface area contributed by atoms with Gasteiger partial charge in [0, 0.05) is 43.5 Å². The molecule has 0 aliphatic heterocycles. The zero-order chi connectivity index (χ0) is 26.6. The first-order chi connectivity index (χ1) is 17.0. The molecular formula is C21H14Cl4N2O9. The number of hydrogen-bond acceptors (Lipinski definition) is 9. The molecule has 0 saturated heterocycles. The average Bonchev–Trinajstić information content (AvgIpc) is 2.81. The van der Waals surface area contributed by atoms with Crippen LogP contribution in [0.4, 0.5) is 11.4 Å². The number of ether oxygens (including phenoxy) is 5. The molecule has 11 nitrogen and oxygen atoms in total. The zero-order valence-electron chi connectivity index (χ0n) is 18.3. The highest BCUT2D eigenvalue weighted by atomic mass is 35.5. The molecule has 0 saturated carbocycles. The van der Waals surface area contributed by atoms with Gasteiger partial charge in [0.1, 0.15) is 5.75 Å². The molecule has 36 heavy (non-hydrogen) atoms. The Kier molecular flexibility index (Phi) is 8.88. The quantitative estimate of drug-likeness (QED) is 0.134. The first-order valence-corrected chi connectivity index (χ1v) is 11.0. The second-order valence-electron chi connectivity index (χ2n) is 6.70. The van der Waals surface area contributed by atoms with E-state index in [-0.39, 0.29) is 72.8 Å². The summed E-state index contributed by atoms with van der Waals surface area (Å²) in [6.07, 6.45) is 0. The Morgan fingerprint density at radius 2 is 1.08 bits per heavy atom. The third kappa shape index (κ3) is 6.12. The maximum atomic E-state index is 11.1. The maximum Gasteiger partial charge on any atom is 0.272 e. The summed E-state index contributed by atoms with van der Waals surface area (Å²) in [7, 11) is 2.72. The van der Waals surface area contributed by atoms with Crippen LogP contribution in [-0.4, -0.2) is 30.9 Å². The van der Waals surface area contributed by atoms with Crippen LogP contribution >= 0.6 is 46.4 Å². The second-order valence-corrected chi connectivity index (χ2v) is 8.33. The fourth-order valence-corrected chi connectivity index (χ4v) is 3.94. The molecule has 0 spiro atoms. The summed E-state index contributed by atoms with van der Waals surface area (Å²) >= 11 is 24.7. The fourth-order valence-electron chi connectivity index (χ4n) is 2.83. The van der Waals surface area contributed by atoms with E-state index in [1.807, 2.05) is 0 Å². The van der Waals surface area contributed by atoms with Gasteiger partial charge < -0.3 is 23.7 Å². The molecule has 0 N–H and O–H groups in total. The molecule has 0 bridgehead atoms. The lowest BCUT2D eigenvalue weighted by molar-refractivity contribution is -0.385. The predicted octanol–water partition coefficient (Wildman–Crippen LogP) is 7.69. The molecule has 0 aliphatic carbocycles. The largest absolute Gasteiger partial charge is 0.490 e. The molecule has 3 aromatic rings. The van der Waals surface area contributed by atoms with E-state index in [9.17, 15) is 20.2 Å². The molecule has 190 valence electrons. The molecule has 0 aromatic heterocycles. The van der Waals surface area contributed by atoms with E-state index in [1.54, 1.807) is 0 Å². The van der Waals surface area contributed by atoms with Gasteiger partial charge in [-0.15, -0.1) is 0 Å². The first kappa shape index (κ1) is 27.4. The Balaban J connectivity index is 2.12. The molecule has 0 radical (unpaired) electrons. The lowest BCUT2D eigenvalue weighted by atomic mass is 10.2. The van der Waals surface area contributed by atoms with Crippen molar-refractivity contribution in [3.63, 3.8) is 0 Å². The van der Waals surface area contributed by atoms with Crippen LogP contribution in [0.5, 0.6) is 34.5 Å². The van der Waals surface area contributed by atoms with Crippen molar-refractivity contribution in [3.8, 4) is 34.5 Å². The molecule has 0 fully saturated rings. The highest BCUT2D eigenvalue weighted by Gasteiger charge is 2.24. The number of nitro groups is 2. The Morgan fingerprint density at radius 3 is 1.39 bits per heavy atom. The van der Waals surface area contributed by atoms with Crippen molar-refractivity contribution >= 4 is 57.8 Å². The van der Waals surface area contributed by atoms with Gasteiger partial charge in [-0.3, -0.25) is 20.2 Å². The lowest BCUT2D eigenvalue weighted by Crippen LogP contribution is -2.02. The average molecular weight is 580 g/mol. The van der Waals surface area contributed by atoms with E-state index in [1.165, 1.54) is 26.4 Å². The normalized spacial score (nSPS) is 10.6. The minimum absolute atomic E-state index is 0.00395. The van der Waals surface area contributed by atoms with Gasteiger partial charge in [-0.2, -0.15) is 0 Å². The van der Waals surface area contributed by atoms with Gasteiger partial charge in [-0.25, -0.2) is 0 Å². The van der Waals surface area contributed by atoms with Crippen LogP contribution in [0.2, 0.25) is 20.1 Å². The van der Waals surface area contributed by atoms with E-state index < -0.39 is 9.85 Å². The zero-order valence-corrected chi connectivity index (χ0v) is 21.3. The third-order valence-electron chi connectivity index (χ3n) is 4.35. The maximum absolute atomic E-state index is 11.1. The van der Waals surface area contributed by atoms with Crippen LogP contribution in [0.15, 0.2) is 36.4 Å². The molecule has 0 aliphatic rings. The monoisotopic (exact) mass is 578 g/mol. The van der Waals surface area contributed by atoms with Crippen molar-refractivity contribution in [2.45, 2.75) is 0 Å². The van der Waals surface area contributed by atoms with Crippen LogP contribution in [0.3, 0.4) is 0 Å². The van der Waals surface area contributed by atoms with Crippen LogP contribution in [0, 0.1) is 20.2 Å². The molecule has 0 atom stereocenters. The molecule has 3 aromatic carbocycles. The summed E-state index contributed by atoms with van der Waals surface area (Å²) in [6.45, 7) is -0.150. The van der Waals surface area contributed by atoms with Gasteiger partial charge in [-0.1, -0.05) is 46.4 Å². The standard InChI is InChI=1S/C21H14Cl4N2O9/c1-32-9-34-12-7-17(35-19-13(22)3-10(26(28)29)4-14(19)23)21(33-2)18(8-12)36-20-15(24)5-11(27(30)31)6-16(20)25/h3-8H,9H2,1-2H3. The van der Waals surface area contributed by atoms with E-state index in [0.717, 1.165) is 24.3 Å². The number of nitrogens with zero attached hydrogens (tertiary/aromatic N) is 2. The van der Waals surface area contributed by atoms with Crippen LogP contribution in [-0.2, 0) is 4.74 Å². The second kappa shape index (κ2) is 11.7. The predicted molar refractivity (Wildman–Crippen MR) is 132 cm³/mol.